The molecule has 22 heavy (non-hydrogen) atoms. The second kappa shape index (κ2) is 5.37. The van der Waals surface area contributed by atoms with Gasteiger partial charge in [0.25, 0.3) is 0 Å². The average Bonchev–Trinajstić information content (AvgIpc) is 3.14. The van der Waals surface area contributed by atoms with Crippen LogP contribution < -0.4 is 5.32 Å². The van der Waals surface area contributed by atoms with Gasteiger partial charge >= 0.3 is 6.01 Å². The van der Waals surface area contributed by atoms with Crippen LogP contribution in [-0.4, -0.2) is 14.8 Å². The van der Waals surface area contributed by atoms with Crippen molar-refractivity contribution in [2.45, 2.75) is 6.54 Å². The molecule has 0 aliphatic heterocycles. The van der Waals surface area contributed by atoms with E-state index in [0.29, 0.717) is 11.8 Å². The van der Waals surface area contributed by atoms with Gasteiger partial charge in [-0.25, -0.2) is 0 Å². The molecule has 2 aromatic heterocycles. The third kappa shape index (κ3) is 2.56. The number of benzene rings is 2. The van der Waals surface area contributed by atoms with E-state index in [1.54, 1.807) is 0 Å². The largest absolute Gasteiger partial charge is 0.423 e. The number of hydrogen-bond acceptors (Lipinski definition) is 4. The highest BCUT2D eigenvalue weighted by Crippen LogP contribution is 2.20. The quantitative estimate of drug-likeness (QED) is 0.621. The molecule has 0 aliphatic carbocycles. The Morgan fingerprint density at radius 1 is 0.955 bits per heavy atom. The van der Waals surface area contributed by atoms with Crippen LogP contribution >= 0.6 is 0 Å². The summed E-state index contributed by atoms with van der Waals surface area (Å²) in [5, 5.41) is 7.57. The summed E-state index contributed by atoms with van der Waals surface area (Å²) in [4.78, 5) is 4.37. The molecule has 0 amide bonds. The van der Waals surface area contributed by atoms with Gasteiger partial charge in [0.05, 0.1) is 6.54 Å². The summed E-state index contributed by atoms with van der Waals surface area (Å²) in [6.07, 6.45) is 1.93. The highest BCUT2D eigenvalue weighted by atomic mass is 16.4. The van der Waals surface area contributed by atoms with Crippen LogP contribution in [0.4, 0.5) is 11.8 Å². The Hall–Kier alpha value is -3.08. The molecule has 0 saturated heterocycles. The van der Waals surface area contributed by atoms with Crippen LogP contribution in [0.1, 0.15) is 5.56 Å². The first-order chi connectivity index (χ1) is 10.9. The Kier molecular flexibility index (Phi) is 3.08. The van der Waals surface area contributed by atoms with E-state index in [-0.39, 0.29) is 0 Å². The lowest BCUT2D eigenvalue weighted by Gasteiger charge is -2.01. The van der Waals surface area contributed by atoms with Crippen LogP contribution in [0.5, 0.6) is 0 Å². The Morgan fingerprint density at radius 3 is 2.64 bits per heavy atom. The minimum absolute atomic E-state index is 0.450. The van der Waals surface area contributed by atoms with Crippen LogP contribution in [0.25, 0.3) is 11.1 Å². The second-order valence-electron chi connectivity index (χ2n) is 5.00. The van der Waals surface area contributed by atoms with E-state index in [4.69, 9.17) is 4.42 Å². The number of nitrogens with zero attached hydrogens (tertiary/aromatic N) is 3. The molecule has 4 aromatic rings. The molecular formula is C17H14N4O. The minimum atomic E-state index is 0.450. The van der Waals surface area contributed by atoms with Crippen molar-refractivity contribution in [2.24, 2.45) is 0 Å². The summed E-state index contributed by atoms with van der Waals surface area (Å²) in [5.41, 5.74) is 2.79. The molecule has 1 N–H and O–H groups in total. The van der Waals surface area contributed by atoms with Crippen LogP contribution in [0, 0.1) is 0 Å². The second-order valence-corrected chi connectivity index (χ2v) is 5.00. The molecule has 0 aliphatic rings. The smallest absolute Gasteiger partial charge is 0.301 e. The van der Waals surface area contributed by atoms with Crippen molar-refractivity contribution in [2.75, 3.05) is 5.32 Å². The van der Waals surface area contributed by atoms with Crippen molar-refractivity contribution >= 4 is 22.9 Å². The van der Waals surface area contributed by atoms with E-state index >= 15 is 0 Å². The summed E-state index contributed by atoms with van der Waals surface area (Å²) in [7, 11) is 0. The molecule has 0 saturated carbocycles. The van der Waals surface area contributed by atoms with Gasteiger partial charge in [-0.3, -0.25) is 10.00 Å². The van der Waals surface area contributed by atoms with Crippen molar-refractivity contribution in [3.8, 4) is 0 Å². The number of rotatable bonds is 4. The summed E-state index contributed by atoms with van der Waals surface area (Å²) >= 11 is 0. The van der Waals surface area contributed by atoms with Crippen molar-refractivity contribution in [1.82, 2.24) is 14.8 Å². The number of hydrogen-bond donors (Lipinski definition) is 1. The maximum Gasteiger partial charge on any atom is 0.301 e. The third-order valence-electron chi connectivity index (χ3n) is 3.36. The fourth-order valence-corrected chi connectivity index (χ4v) is 2.32. The van der Waals surface area contributed by atoms with Gasteiger partial charge in [-0.15, -0.1) is 0 Å². The van der Waals surface area contributed by atoms with Gasteiger partial charge in [-0.2, -0.15) is 10.1 Å². The number of oxazole rings is 1. The van der Waals surface area contributed by atoms with Crippen LogP contribution in [0.2, 0.25) is 0 Å². The van der Waals surface area contributed by atoms with Crippen molar-refractivity contribution in [1.29, 1.82) is 0 Å². The normalized spacial score (nSPS) is 10.9. The van der Waals surface area contributed by atoms with Gasteiger partial charge in [-0.1, -0.05) is 42.5 Å². The molecule has 0 fully saturated rings. The standard InChI is InChI=1S/C17H14N4O/c1-2-6-13(7-3-1)12-21-11-10-16(20-21)19-17-18-14-8-4-5-9-15(14)22-17/h1-11H,12H2,(H,18,19,20). The number of para-hydroxylation sites is 2. The van der Waals surface area contributed by atoms with E-state index in [2.05, 4.69) is 27.5 Å². The van der Waals surface area contributed by atoms with Crippen LogP contribution in [0.3, 0.4) is 0 Å². The monoisotopic (exact) mass is 290 g/mol. The maximum atomic E-state index is 5.63. The predicted molar refractivity (Wildman–Crippen MR) is 85.1 cm³/mol. The van der Waals surface area contributed by atoms with Crippen molar-refractivity contribution in [3.05, 3.63) is 72.4 Å². The minimum Gasteiger partial charge on any atom is -0.423 e. The van der Waals surface area contributed by atoms with Gasteiger partial charge in [-0.05, 0) is 17.7 Å². The van der Waals surface area contributed by atoms with E-state index in [9.17, 15) is 0 Å². The summed E-state index contributed by atoms with van der Waals surface area (Å²) in [6, 6.07) is 20.2. The molecule has 4 rings (SSSR count). The Morgan fingerprint density at radius 2 is 1.77 bits per heavy atom. The van der Waals surface area contributed by atoms with Gasteiger partial charge in [0.2, 0.25) is 0 Å². The highest BCUT2D eigenvalue weighted by Gasteiger charge is 2.07. The average molecular weight is 290 g/mol. The zero-order valence-electron chi connectivity index (χ0n) is 11.8. The first kappa shape index (κ1) is 12.6. The highest BCUT2D eigenvalue weighted by molar-refractivity contribution is 5.74. The van der Waals surface area contributed by atoms with Gasteiger partial charge in [0.1, 0.15) is 5.52 Å². The molecule has 2 heterocycles. The molecule has 0 bridgehead atoms. The van der Waals surface area contributed by atoms with Crippen LogP contribution in [0.15, 0.2) is 71.3 Å². The fraction of sp³-hybridized carbons (Fsp3) is 0.0588. The van der Waals surface area contributed by atoms with Gasteiger partial charge in [0.15, 0.2) is 11.4 Å². The molecule has 108 valence electrons. The number of nitrogens with one attached hydrogen (secondary N) is 1. The van der Waals surface area contributed by atoms with Crippen molar-refractivity contribution < 1.29 is 4.42 Å². The Bertz CT molecular complexity index is 862. The molecule has 0 unspecified atom stereocenters. The van der Waals surface area contributed by atoms with Crippen LogP contribution in [-0.2, 0) is 6.54 Å². The topological polar surface area (TPSA) is 55.9 Å². The molecule has 5 heteroatoms. The number of fused-ring (bicyclic) bond motifs is 1. The lowest BCUT2D eigenvalue weighted by Crippen LogP contribution is -2.01. The predicted octanol–water partition coefficient (Wildman–Crippen LogP) is 3.82. The lowest BCUT2D eigenvalue weighted by molar-refractivity contribution is 0.620. The van der Waals surface area contributed by atoms with E-state index in [1.165, 1.54) is 5.56 Å². The summed E-state index contributed by atoms with van der Waals surface area (Å²) in [6.45, 7) is 0.732. The van der Waals surface area contributed by atoms with Gasteiger partial charge in [0, 0.05) is 12.3 Å². The molecule has 5 nitrogen and oxygen atoms in total. The van der Waals surface area contributed by atoms with E-state index in [1.807, 2.05) is 59.4 Å². The molecular weight excluding hydrogens is 276 g/mol. The molecule has 2 aromatic carbocycles. The molecule has 0 spiro atoms. The van der Waals surface area contributed by atoms with Crippen molar-refractivity contribution in [3.63, 3.8) is 0 Å². The fourth-order valence-electron chi connectivity index (χ4n) is 2.32. The first-order valence-electron chi connectivity index (χ1n) is 7.07. The third-order valence-corrected chi connectivity index (χ3v) is 3.36. The lowest BCUT2D eigenvalue weighted by atomic mass is 10.2. The SMILES string of the molecule is c1ccc(Cn2ccc(Nc3nc4ccccc4o3)n2)cc1. The summed E-state index contributed by atoms with van der Waals surface area (Å²) < 4.78 is 7.50. The van der Waals surface area contributed by atoms with E-state index < -0.39 is 0 Å². The maximum absolute atomic E-state index is 5.63. The Balaban J connectivity index is 1.51. The van der Waals surface area contributed by atoms with E-state index in [0.717, 1.165) is 17.6 Å². The zero-order valence-corrected chi connectivity index (χ0v) is 11.8. The number of aromatic nitrogens is 3. The Labute approximate surface area is 127 Å². The molecule has 0 radical (unpaired) electrons. The zero-order chi connectivity index (χ0) is 14.8. The van der Waals surface area contributed by atoms with Gasteiger partial charge < -0.3 is 4.42 Å². The first-order valence-corrected chi connectivity index (χ1v) is 7.07. The molecule has 0 atom stereocenters. The number of anilines is 2. The summed E-state index contributed by atoms with van der Waals surface area (Å²) in [5.74, 6) is 0.711.